The highest BCUT2D eigenvalue weighted by Gasteiger charge is 2.21. The van der Waals surface area contributed by atoms with Crippen molar-refractivity contribution >= 4 is 11.9 Å². The first-order valence-corrected chi connectivity index (χ1v) is 10.7. The Labute approximate surface area is 175 Å². The van der Waals surface area contributed by atoms with E-state index in [9.17, 15) is 4.79 Å². The van der Waals surface area contributed by atoms with Gasteiger partial charge in [0.25, 0.3) is 0 Å². The Bertz CT molecular complexity index is 654. The maximum absolute atomic E-state index is 11.5. The number of nitrogens with one attached hydrogen (secondary N) is 3. The molecule has 2 rings (SSSR count). The van der Waals surface area contributed by atoms with Crippen LogP contribution in [-0.4, -0.2) is 69.2 Å². The Morgan fingerprint density at radius 3 is 2.66 bits per heavy atom. The summed E-state index contributed by atoms with van der Waals surface area (Å²) in [5.74, 6) is 2.28. The maximum atomic E-state index is 11.5. The number of ether oxygens (including phenoxy) is 1. The molecule has 0 spiro atoms. The number of likely N-dealkylation sites (N-methyl/N-ethyl adjacent to an activating group) is 1. The number of rotatable bonds is 9. The molecule has 1 aromatic rings. The number of carbonyl (C=O) groups is 1. The summed E-state index contributed by atoms with van der Waals surface area (Å²) in [6.45, 7) is 10.7. The van der Waals surface area contributed by atoms with Crippen molar-refractivity contribution in [3.05, 3.63) is 29.8 Å². The fourth-order valence-electron chi connectivity index (χ4n) is 3.43. The monoisotopic (exact) mass is 403 g/mol. The third kappa shape index (κ3) is 7.93. The summed E-state index contributed by atoms with van der Waals surface area (Å²) in [5.41, 5.74) is 1.23. The average Bonchev–Trinajstić information content (AvgIpc) is 2.72. The van der Waals surface area contributed by atoms with Gasteiger partial charge in [0.15, 0.2) is 5.96 Å². The van der Waals surface area contributed by atoms with E-state index < -0.39 is 0 Å². The first-order valence-electron chi connectivity index (χ1n) is 10.7. The molecule has 162 valence electrons. The van der Waals surface area contributed by atoms with Crippen LogP contribution >= 0.6 is 0 Å². The van der Waals surface area contributed by atoms with E-state index >= 15 is 0 Å². The number of hydrogen-bond acceptors (Lipinski definition) is 4. The van der Waals surface area contributed by atoms with Crippen molar-refractivity contribution in [1.29, 1.82) is 0 Å². The first-order chi connectivity index (χ1) is 14.0. The molecule has 0 radical (unpaired) electrons. The van der Waals surface area contributed by atoms with Gasteiger partial charge in [-0.05, 0) is 37.3 Å². The van der Waals surface area contributed by atoms with Crippen molar-refractivity contribution in [3.63, 3.8) is 0 Å². The zero-order chi connectivity index (χ0) is 21.1. The second-order valence-electron chi connectivity index (χ2n) is 7.67. The van der Waals surface area contributed by atoms with E-state index in [-0.39, 0.29) is 5.91 Å². The zero-order valence-electron chi connectivity index (χ0n) is 18.3. The van der Waals surface area contributed by atoms with Gasteiger partial charge in [-0.1, -0.05) is 32.0 Å². The Hall–Kier alpha value is -2.28. The van der Waals surface area contributed by atoms with Crippen LogP contribution in [0.15, 0.2) is 29.3 Å². The van der Waals surface area contributed by atoms with Gasteiger partial charge in [0, 0.05) is 32.7 Å². The van der Waals surface area contributed by atoms with E-state index in [1.54, 1.807) is 7.05 Å². The van der Waals surface area contributed by atoms with Gasteiger partial charge in [-0.25, -0.2) is 4.99 Å². The minimum absolute atomic E-state index is 0.0744. The van der Waals surface area contributed by atoms with Gasteiger partial charge in [0.2, 0.25) is 5.91 Å². The molecule has 1 fully saturated rings. The number of benzene rings is 1. The molecule has 0 saturated carbocycles. The van der Waals surface area contributed by atoms with Crippen molar-refractivity contribution in [3.8, 4) is 5.75 Å². The summed E-state index contributed by atoms with van der Waals surface area (Å²) >= 11 is 0. The Balaban J connectivity index is 1.79. The summed E-state index contributed by atoms with van der Waals surface area (Å²) in [5, 5.41) is 9.53. The van der Waals surface area contributed by atoms with Gasteiger partial charge in [-0.3, -0.25) is 9.69 Å². The number of likely N-dealkylation sites (tertiary alicyclic amines) is 1. The summed E-state index contributed by atoms with van der Waals surface area (Å²) in [7, 11) is 1.68. The van der Waals surface area contributed by atoms with Crippen LogP contribution in [0.4, 0.5) is 0 Å². The molecule has 0 atom stereocenters. The number of nitrogens with zero attached hydrogens (tertiary/aromatic N) is 2. The molecule has 1 aliphatic rings. The molecule has 1 aliphatic heterocycles. The van der Waals surface area contributed by atoms with Gasteiger partial charge >= 0.3 is 0 Å². The summed E-state index contributed by atoms with van der Waals surface area (Å²) in [4.78, 5) is 18.4. The van der Waals surface area contributed by atoms with Crippen LogP contribution in [0.1, 0.15) is 45.1 Å². The van der Waals surface area contributed by atoms with E-state index in [4.69, 9.17) is 4.74 Å². The van der Waals surface area contributed by atoms with Crippen molar-refractivity contribution in [2.45, 2.75) is 45.6 Å². The van der Waals surface area contributed by atoms with Gasteiger partial charge in [0.1, 0.15) is 12.4 Å². The van der Waals surface area contributed by atoms with Crippen molar-refractivity contribution in [2.24, 2.45) is 4.99 Å². The Morgan fingerprint density at radius 2 is 2.00 bits per heavy atom. The second-order valence-corrected chi connectivity index (χ2v) is 7.67. The lowest BCUT2D eigenvalue weighted by Crippen LogP contribution is -2.50. The van der Waals surface area contributed by atoms with Crippen molar-refractivity contribution in [1.82, 2.24) is 20.9 Å². The Morgan fingerprint density at radius 1 is 1.28 bits per heavy atom. The lowest BCUT2D eigenvalue weighted by molar-refractivity contribution is -0.122. The molecule has 1 amide bonds. The summed E-state index contributed by atoms with van der Waals surface area (Å²) in [6.07, 6.45) is 2.00. The largest absolute Gasteiger partial charge is 0.491 e. The average molecular weight is 404 g/mol. The molecule has 7 heteroatoms. The van der Waals surface area contributed by atoms with E-state index in [0.717, 1.165) is 44.2 Å². The lowest BCUT2D eigenvalue weighted by Gasteiger charge is -2.32. The van der Waals surface area contributed by atoms with E-state index in [0.29, 0.717) is 31.7 Å². The lowest BCUT2D eigenvalue weighted by atomic mass is 10.0. The van der Waals surface area contributed by atoms with Crippen LogP contribution in [0.2, 0.25) is 0 Å². The summed E-state index contributed by atoms with van der Waals surface area (Å²) in [6, 6.07) is 8.57. The number of carbonyl (C=O) groups excluding carboxylic acids is 1. The van der Waals surface area contributed by atoms with Gasteiger partial charge in [-0.15, -0.1) is 0 Å². The quantitative estimate of drug-likeness (QED) is 0.334. The molecular weight excluding hydrogens is 366 g/mol. The second kappa shape index (κ2) is 12.3. The van der Waals surface area contributed by atoms with Crippen LogP contribution in [0.25, 0.3) is 0 Å². The fraction of sp³-hybridized carbons (Fsp3) is 0.636. The molecule has 1 heterocycles. The van der Waals surface area contributed by atoms with Gasteiger partial charge < -0.3 is 20.7 Å². The van der Waals surface area contributed by atoms with E-state index in [1.165, 1.54) is 5.56 Å². The maximum Gasteiger partial charge on any atom is 0.233 e. The van der Waals surface area contributed by atoms with E-state index in [1.807, 2.05) is 18.2 Å². The molecule has 3 N–H and O–H groups in total. The topological polar surface area (TPSA) is 78.0 Å². The number of para-hydroxylation sites is 1. The SMILES string of the molecule is CCNC(=NCCOc1ccccc1C(C)C)NC1CCN(CC(=O)NC)CC1. The van der Waals surface area contributed by atoms with Crippen LogP contribution in [0, 0.1) is 0 Å². The van der Waals surface area contributed by atoms with Crippen molar-refractivity contribution < 1.29 is 9.53 Å². The van der Waals surface area contributed by atoms with Crippen LogP contribution < -0.4 is 20.7 Å². The number of piperidine rings is 1. The van der Waals surface area contributed by atoms with Crippen LogP contribution in [0.5, 0.6) is 5.75 Å². The van der Waals surface area contributed by atoms with E-state index in [2.05, 4.69) is 52.7 Å². The number of hydrogen-bond donors (Lipinski definition) is 3. The molecule has 29 heavy (non-hydrogen) atoms. The minimum atomic E-state index is 0.0744. The molecule has 1 aromatic carbocycles. The predicted octanol–water partition coefficient (Wildman–Crippen LogP) is 1.95. The number of amides is 1. The molecule has 0 aliphatic carbocycles. The number of guanidine groups is 1. The van der Waals surface area contributed by atoms with Gasteiger partial charge in [0.05, 0.1) is 13.1 Å². The van der Waals surface area contributed by atoms with Crippen LogP contribution in [-0.2, 0) is 4.79 Å². The molecule has 0 bridgehead atoms. The molecule has 0 unspecified atom stereocenters. The zero-order valence-corrected chi connectivity index (χ0v) is 18.3. The third-order valence-electron chi connectivity index (χ3n) is 5.08. The smallest absolute Gasteiger partial charge is 0.233 e. The highest BCUT2D eigenvalue weighted by Crippen LogP contribution is 2.25. The third-order valence-corrected chi connectivity index (χ3v) is 5.08. The highest BCUT2D eigenvalue weighted by atomic mass is 16.5. The molecular formula is C22H37N5O2. The van der Waals surface area contributed by atoms with Gasteiger partial charge in [-0.2, -0.15) is 0 Å². The highest BCUT2D eigenvalue weighted by molar-refractivity contribution is 5.80. The van der Waals surface area contributed by atoms with Crippen molar-refractivity contribution in [2.75, 3.05) is 46.4 Å². The Kier molecular flexibility index (Phi) is 9.77. The molecule has 1 saturated heterocycles. The normalized spacial score (nSPS) is 16.0. The minimum Gasteiger partial charge on any atom is -0.491 e. The standard InChI is InChI=1S/C22H37N5O2/c1-5-24-22(26-18-10-13-27(14-11-18)16-21(28)23-4)25-12-15-29-20-9-7-6-8-19(20)17(2)3/h6-9,17-18H,5,10-16H2,1-4H3,(H,23,28)(H2,24,25,26). The molecule has 0 aromatic heterocycles. The first kappa shape index (κ1) is 23.0. The molecule has 7 nitrogen and oxygen atoms in total. The summed E-state index contributed by atoms with van der Waals surface area (Å²) < 4.78 is 5.97. The fourth-order valence-corrected chi connectivity index (χ4v) is 3.43. The predicted molar refractivity (Wildman–Crippen MR) is 119 cm³/mol. The number of aliphatic imine (C=N–C) groups is 1. The van der Waals surface area contributed by atoms with Crippen LogP contribution in [0.3, 0.4) is 0 Å².